The highest BCUT2D eigenvalue weighted by atomic mass is 16.5. The van der Waals surface area contributed by atoms with E-state index >= 15 is 0 Å². The zero-order valence-electron chi connectivity index (χ0n) is 11.6. The molecule has 18 heavy (non-hydrogen) atoms. The van der Waals surface area contributed by atoms with Crippen LogP contribution in [0.25, 0.3) is 0 Å². The van der Waals surface area contributed by atoms with Gasteiger partial charge in [-0.1, -0.05) is 0 Å². The van der Waals surface area contributed by atoms with Crippen molar-refractivity contribution >= 4 is 11.8 Å². The Kier molecular flexibility index (Phi) is 3.76. The van der Waals surface area contributed by atoms with E-state index in [4.69, 9.17) is 4.74 Å². The molecule has 2 rings (SSSR count). The summed E-state index contributed by atoms with van der Waals surface area (Å²) in [4.78, 5) is 25.0. The molecule has 0 aromatic rings. The lowest BCUT2D eigenvalue weighted by molar-refractivity contribution is -0.145. The molecule has 2 bridgehead atoms. The summed E-state index contributed by atoms with van der Waals surface area (Å²) in [5, 5.41) is 0. The summed E-state index contributed by atoms with van der Waals surface area (Å²) >= 11 is 0. The van der Waals surface area contributed by atoms with Crippen LogP contribution in [0, 0.1) is 11.8 Å². The number of hydrogen-bond acceptors (Lipinski definition) is 4. The van der Waals surface area contributed by atoms with Crippen LogP contribution in [0.5, 0.6) is 0 Å². The predicted molar refractivity (Wildman–Crippen MR) is 68.1 cm³/mol. The van der Waals surface area contributed by atoms with Gasteiger partial charge in [-0.15, -0.1) is 0 Å². The van der Waals surface area contributed by atoms with Crippen molar-refractivity contribution < 1.29 is 14.3 Å². The van der Waals surface area contributed by atoms with Gasteiger partial charge in [-0.2, -0.15) is 0 Å². The van der Waals surface area contributed by atoms with Crippen molar-refractivity contribution in [1.82, 2.24) is 4.90 Å². The Morgan fingerprint density at radius 3 is 2.78 bits per heavy atom. The van der Waals surface area contributed by atoms with Gasteiger partial charge in [0.15, 0.2) is 0 Å². The van der Waals surface area contributed by atoms with Gasteiger partial charge in [0.05, 0.1) is 6.61 Å². The Morgan fingerprint density at radius 2 is 2.17 bits per heavy atom. The van der Waals surface area contributed by atoms with Crippen LogP contribution in [-0.2, 0) is 14.3 Å². The number of carbonyl (C=O) groups excluding carboxylic acids is 2. The summed E-state index contributed by atoms with van der Waals surface area (Å²) in [5.74, 6) is 1.07. The quantitative estimate of drug-likeness (QED) is 0.717. The molecule has 4 nitrogen and oxygen atoms in total. The van der Waals surface area contributed by atoms with Crippen LogP contribution in [-0.4, -0.2) is 42.9 Å². The number of rotatable bonds is 3. The lowest BCUT2D eigenvalue weighted by Crippen LogP contribution is -2.54. The highest BCUT2D eigenvalue weighted by Gasteiger charge is 2.47. The highest BCUT2D eigenvalue weighted by molar-refractivity contribution is 5.81. The van der Waals surface area contributed by atoms with Gasteiger partial charge in [0.2, 0.25) is 0 Å². The van der Waals surface area contributed by atoms with Crippen molar-refractivity contribution in [3.05, 3.63) is 0 Å². The van der Waals surface area contributed by atoms with E-state index in [0.29, 0.717) is 37.1 Å². The maximum Gasteiger partial charge on any atom is 0.302 e. The van der Waals surface area contributed by atoms with E-state index in [1.165, 1.54) is 6.92 Å². The first kappa shape index (κ1) is 13.5. The number of ketones is 1. The van der Waals surface area contributed by atoms with Crippen molar-refractivity contribution in [3.8, 4) is 0 Å². The smallest absolute Gasteiger partial charge is 0.302 e. The Hall–Kier alpha value is -0.900. The van der Waals surface area contributed by atoms with Gasteiger partial charge in [0, 0.05) is 25.3 Å². The zero-order chi connectivity index (χ0) is 13.3. The van der Waals surface area contributed by atoms with E-state index in [1.807, 2.05) is 0 Å². The molecular weight excluding hydrogens is 230 g/mol. The third-order valence-electron chi connectivity index (χ3n) is 4.52. The van der Waals surface area contributed by atoms with Crippen molar-refractivity contribution in [1.29, 1.82) is 0 Å². The molecule has 0 spiro atoms. The zero-order valence-corrected chi connectivity index (χ0v) is 11.6. The molecule has 0 aromatic carbocycles. The molecular formula is C14H23NO3. The molecule has 0 amide bonds. The molecule has 0 N–H and O–H groups in total. The molecule has 0 aliphatic heterocycles. The number of nitrogens with zero attached hydrogens (tertiary/aromatic N) is 1. The topological polar surface area (TPSA) is 46.6 Å². The summed E-state index contributed by atoms with van der Waals surface area (Å²) in [7, 11) is 4.12. The average molecular weight is 253 g/mol. The van der Waals surface area contributed by atoms with Crippen LogP contribution in [0.3, 0.4) is 0 Å². The largest absolute Gasteiger partial charge is 0.466 e. The number of carbonyl (C=O) groups is 2. The van der Waals surface area contributed by atoms with Crippen LogP contribution >= 0.6 is 0 Å². The SMILES string of the molecule is CC(=O)OCC1CC2CC(=O)CC(N(C)C)(C1)C2. The Bertz CT molecular complexity index is 353. The van der Waals surface area contributed by atoms with Crippen LogP contribution in [0.2, 0.25) is 0 Å². The van der Waals surface area contributed by atoms with E-state index in [9.17, 15) is 9.59 Å². The lowest BCUT2D eigenvalue weighted by Gasteiger charge is -2.51. The standard InChI is InChI=1S/C14H23NO3/c1-10(16)18-9-12-4-11-5-13(17)8-14(6-11,7-12)15(2)3/h11-12H,4-9H2,1-3H3. The third kappa shape index (κ3) is 2.74. The molecule has 0 heterocycles. The second-order valence-corrected chi connectivity index (χ2v) is 6.22. The molecule has 3 atom stereocenters. The Labute approximate surface area is 109 Å². The van der Waals surface area contributed by atoms with Gasteiger partial charge in [0.25, 0.3) is 0 Å². The molecule has 2 saturated carbocycles. The van der Waals surface area contributed by atoms with Crippen LogP contribution in [0.1, 0.15) is 39.0 Å². The number of esters is 1. The second-order valence-electron chi connectivity index (χ2n) is 6.22. The maximum atomic E-state index is 11.8. The van der Waals surface area contributed by atoms with Crippen molar-refractivity contribution in [2.75, 3.05) is 20.7 Å². The molecule has 0 radical (unpaired) electrons. The van der Waals surface area contributed by atoms with Gasteiger partial charge >= 0.3 is 5.97 Å². The average Bonchev–Trinajstić information content (AvgIpc) is 2.24. The minimum Gasteiger partial charge on any atom is -0.466 e. The van der Waals surface area contributed by atoms with E-state index in [2.05, 4.69) is 19.0 Å². The molecule has 2 fully saturated rings. The molecule has 4 heteroatoms. The summed E-state index contributed by atoms with van der Waals surface area (Å²) in [6.07, 6.45) is 4.48. The second kappa shape index (κ2) is 5.00. The number of Topliss-reactive ketones (excluding diaryl/α,β-unsaturated/α-hetero) is 1. The lowest BCUT2D eigenvalue weighted by atomic mass is 9.62. The van der Waals surface area contributed by atoms with Crippen LogP contribution < -0.4 is 0 Å². The predicted octanol–water partition coefficient (Wildman–Crippen LogP) is 1.63. The van der Waals surface area contributed by atoms with Crippen molar-refractivity contribution in [2.45, 2.75) is 44.6 Å². The number of ether oxygens (including phenoxy) is 1. The van der Waals surface area contributed by atoms with Crippen molar-refractivity contribution in [3.63, 3.8) is 0 Å². The summed E-state index contributed by atoms with van der Waals surface area (Å²) in [5.41, 5.74) is 0.00304. The highest BCUT2D eigenvalue weighted by Crippen LogP contribution is 2.46. The maximum absolute atomic E-state index is 11.8. The molecule has 0 saturated heterocycles. The number of fused-ring (bicyclic) bond motifs is 2. The van der Waals surface area contributed by atoms with Crippen molar-refractivity contribution in [2.24, 2.45) is 11.8 Å². The third-order valence-corrected chi connectivity index (χ3v) is 4.52. The molecule has 0 aromatic heterocycles. The van der Waals surface area contributed by atoms with Gasteiger partial charge in [-0.3, -0.25) is 9.59 Å². The van der Waals surface area contributed by atoms with Gasteiger partial charge in [-0.25, -0.2) is 0 Å². The molecule has 102 valence electrons. The molecule has 2 aliphatic rings. The van der Waals surface area contributed by atoms with Gasteiger partial charge < -0.3 is 9.64 Å². The monoisotopic (exact) mass is 253 g/mol. The Morgan fingerprint density at radius 1 is 1.44 bits per heavy atom. The van der Waals surface area contributed by atoms with Crippen LogP contribution in [0.4, 0.5) is 0 Å². The molecule has 3 unspecified atom stereocenters. The van der Waals surface area contributed by atoms with Crippen LogP contribution in [0.15, 0.2) is 0 Å². The normalized spacial score (nSPS) is 35.7. The Balaban J connectivity index is 2.07. The first-order chi connectivity index (χ1) is 8.41. The van der Waals surface area contributed by atoms with E-state index in [-0.39, 0.29) is 11.5 Å². The van der Waals surface area contributed by atoms with E-state index in [0.717, 1.165) is 19.3 Å². The van der Waals surface area contributed by atoms with Gasteiger partial charge in [0.1, 0.15) is 5.78 Å². The summed E-state index contributed by atoms with van der Waals surface area (Å²) in [6, 6.07) is 0. The summed E-state index contributed by atoms with van der Waals surface area (Å²) < 4.78 is 5.16. The minimum absolute atomic E-state index is 0.00304. The molecule has 2 aliphatic carbocycles. The fourth-order valence-electron chi connectivity index (χ4n) is 3.74. The van der Waals surface area contributed by atoms with E-state index in [1.54, 1.807) is 0 Å². The fourth-order valence-corrected chi connectivity index (χ4v) is 3.74. The first-order valence-corrected chi connectivity index (χ1v) is 6.74. The first-order valence-electron chi connectivity index (χ1n) is 6.74. The minimum atomic E-state index is -0.208. The fraction of sp³-hybridized carbons (Fsp3) is 0.857. The summed E-state index contributed by atoms with van der Waals surface area (Å²) in [6.45, 7) is 1.96. The van der Waals surface area contributed by atoms with E-state index < -0.39 is 0 Å². The van der Waals surface area contributed by atoms with Gasteiger partial charge in [-0.05, 0) is 45.2 Å². The number of hydrogen-bond donors (Lipinski definition) is 0.